The molecule has 6 heteroatoms. The van der Waals surface area contributed by atoms with E-state index in [0.29, 0.717) is 0 Å². The van der Waals surface area contributed by atoms with Crippen molar-refractivity contribution in [1.29, 1.82) is 0 Å². The standard InChI is InChI=1S/C60H42F2N4/c61-43-23-31-49(32-24-43)63(51-35-37-59-55(39-51)53-15-7-9-17-57(53)65(59)45-11-3-1-4-12-45)47-27-19-41(20-28-47)42-21-29-48(30-22-42)64(50-33-25-44(62)26-34-50)52-36-38-60-56(40-52)54-16-8-10-18-58(54)66(60)46-13-5-2-6-14-46/h1-39,56H,40H2. The van der Waals surface area contributed by atoms with Gasteiger partial charge in [-0.05, 0) is 156 Å². The summed E-state index contributed by atoms with van der Waals surface area (Å²) in [5.74, 6) is -0.389. The van der Waals surface area contributed by atoms with Gasteiger partial charge in [-0.25, -0.2) is 8.78 Å². The molecule has 1 unspecified atom stereocenters. The van der Waals surface area contributed by atoms with Crippen LogP contribution in [0.3, 0.4) is 0 Å². The molecule has 1 aromatic heterocycles. The fourth-order valence-electron chi connectivity index (χ4n) is 10.0. The van der Waals surface area contributed by atoms with E-state index in [1.165, 1.54) is 41.2 Å². The van der Waals surface area contributed by atoms with Crippen LogP contribution in [0, 0.1) is 11.6 Å². The molecule has 2 heterocycles. The third-order valence-electron chi connectivity index (χ3n) is 13.0. The molecule has 66 heavy (non-hydrogen) atoms. The molecule has 316 valence electrons. The van der Waals surface area contributed by atoms with E-state index in [1.807, 2.05) is 30.3 Å². The Morgan fingerprint density at radius 2 is 0.909 bits per heavy atom. The maximum absolute atomic E-state index is 14.4. The summed E-state index contributed by atoms with van der Waals surface area (Å²) in [6.45, 7) is 0. The van der Waals surface area contributed by atoms with Gasteiger partial charge in [0, 0.05) is 80.0 Å². The van der Waals surface area contributed by atoms with Gasteiger partial charge in [0.1, 0.15) is 11.6 Å². The highest BCUT2D eigenvalue weighted by atomic mass is 19.1. The van der Waals surface area contributed by atoms with Crippen LogP contribution in [-0.4, -0.2) is 4.57 Å². The maximum atomic E-state index is 14.4. The number of hydrogen-bond donors (Lipinski definition) is 0. The summed E-state index contributed by atoms with van der Waals surface area (Å²) >= 11 is 0. The van der Waals surface area contributed by atoms with Crippen molar-refractivity contribution in [2.45, 2.75) is 12.3 Å². The van der Waals surface area contributed by atoms with E-state index in [1.54, 1.807) is 0 Å². The Morgan fingerprint density at radius 3 is 1.55 bits per heavy atom. The Bertz CT molecular complexity index is 3450. The van der Waals surface area contributed by atoms with Crippen LogP contribution in [-0.2, 0) is 0 Å². The van der Waals surface area contributed by atoms with E-state index in [4.69, 9.17) is 0 Å². The molecule has 1 aliphatic carbocycles. The lowest BCUT2D eigenvalue weighted by Crippen LogP contribution is -2.22. The summed E-state index contributed by atoms with van der Waals surface area (Å²) in [6.07, 6.45) is 5.24. The predicted octanol–water partition coefficient (Wildman–Crippen LogP) is 16.4. The Kier molecular flexibility index (Phi) is 9.64. The van der Waals surface area contributed by atoms with Crippen LogP contribution in [0.2, 0.25) is 0 Å². The van der Waals surface area contributed by atoms with Crippen molar-refractivity contribution in [3.63, 3.8) is 0 Å². The van der Waals surface area contributed by atoms with Crippen LogP contribution >= 0.6 is 0 Å². The van der Waals surface area contributed by atoms with Gasteiger partial charge < -0.3 is 19.3 Å². The number of nitrogens with zero attached hydrogens (tertiary/aromatic N) is 4. The van der Waals surface area contributed by atoms with Crippen molar-refractivity contribution in [3.8, 4) is 16.8 Å². The first-order valence-corrected chi connectivity index (χ1v) is 22.3. The lowest BCUT2D eigenvalue weighted by Gasteiger charge is -2.33. The first-order valence-electron chi connectivity index (χ1n) is 22.3. The molecule has 12 rings (SSSR count). The Balaban J connectivity index is 0.885. The summed E-state index contributed by atoms with van der Waals surface area (Å²) in [4.78, 5) is 6.81. The Labute approximate surface area is 382 Å². The van der Waals surface area contributed by atoms with Gasteiger partial charge in [-0.1, -0.05) is 97.1 Å². The molecule has 0 spiro atoms. The molecule has 4 nitrogen and oxygen atoms in total. The maximum Gasteiger partial charge on any atom is 0.123 e. The van der Waals surface area contributed by atoms with E-state index in [2.05, 4.69) is 201 Å². The summed E-state index contributed by atoms with van der Waals surface area (Å²) in [7, 11) is 0. The van der Waals surface area contributed by atoms with Gasteiger partial charge in [0.05, 0.1) is 11.0 Å². The largest absolute Gasteiger partial charge is 0.314 e. The molecule has 10 aromatic rings. The number of allylic oxidation sites excluding steroid dienone is 4. The minimum Gasteiger partial charge on any atom is -0.314 e. The Hall–Kier alpha value is -8.48. The molecule has 9 aromatic carbocycles. The van der Waals surface area contributed by atoms with Crippen LogP contribution in [0.25, 0.3) is 38.6 Å². The topological polar surface area (TPSA) is 14.7 Å². The number of halogens is 2. The van der Waals surface area contributed by atoms with Crippen LogP contribution in [0.1, 0.15) is 17.9 Å². The quantitative estimate of drug-likeness (QED) is 0.144. The number of benzene rings is 9. The summed E-state index contributed by atoms with van der Waals surface area (Å²) < 4.78 is 31.1. The summed E-state index contributed by atoms with van der Waals surface area (Å²) in [5, 5.41) is 2.29. The van der Waals surface area contributed by atoms with E-state index in [0.717, 1.165) is 84.9 Å². The van der Waals surface area contributed by atoms with Crippen molar-refractivity contribution in [2.75, 3.05) is 14.7 Å². The molecule has 2 aliphatic rings. The third kappa shape index (κ3) is 6.82. The predicted molar refractivity (Wildman–Crippen MR) is 268 cm³/mol. The second-order valence-corrected chi connectivity index (χ2v) is 16.8. The molecule has 0 bridgehead atoms. The molecule has 0 radical (unpaired) electrons. The first kappa shape index (κ1) is 39.1. The highest BCUT2D eigenvalue weighted by Crippen LogP contribution is 2.53. The van der Waals surface area contributed by atoms with Crippen LogP contribution in [0.4, 0.5) is 48.6 Å². The number of fused-ring (bicyclic) bond motifs is 6. The summed E-state index contributed by atoms with van der Waals surface area (Å²) in [5.41, 5.74) is 16.1. The third-order valence-corrected chi connectivity index (χ3v) is 13.0. The minimum absolute atomic E-state index is 0.160. The van der Waals surface area contributed by atoms with Crippen molar-refractivity contribution in [3.05, 3.63) is 265 Å². The average Bonchev–Trinajstić information content (AvgIpc) is 3.89. The zero-order valence-corrected chi connectivity index (χ0v) is 35.8. The zero-order chi connectivity index (χ0) is 44.1. The van der Waals surface area contributed by atoms with Gasteiger partial charge in [0.25, 0.3) is 0 Å². The van der Waals surface area contributed by atoms with E-state index in [9.17, 15) is 8.78 Å². The normalized spacial score (nSPS) is 14.2. The number of anilines is 7. The molecule has 1 aliphatic heterocycles. The molecule has 0 fully saturated rings. The first-order chi connectivity index (χ1) is 32.6. The molecular weight excluding hydrogens is 815 g/mol. The minimum atomic E-state index is -0.281. The number of aromatic nitrogens is 1. The summed E-state index contributed by atoms with van der Waals surface area (Å²) in [6, 6.07) is 75.3. The highest BCUT2D eigenvalue weighted by molar-refractivity contribution is 6.10. The van der Waals surface area contributed by atoms with Crippen molar-refractivity contribution in [1.82, 2.24) is 4.57 Å². The van der Waals surface area contributed by atoms with E-state index < -0.39 is 0 Å². The molecule has 0 N–H and O–H groups in total. The van der Waals surface area contributed by atoms with Gasteiger partial charge in [0.15, 0.2) is 0 Å². The smallest absolute Gasteiger partial charge is 0.123 e. The fourth-order valence-corrected chi connectivity index (χ4v) is 10.0. The van der Waals surface area contributed by atoms with Crippen molar-refractivity contribution < 1.29 is 8.78 Å². The SMILES string of the molecule is Fc1ccc(N(C2=CC=C3C(C2)c2ccccc2N3c2ccccc2)c2ccc(-c3ccc(N(c4ccc(F)cc4)c4ccc5c(c4)c4ccccc4n5-c4ccccc4)cc3)cc2)cc1. The Morgan fingerprint density at radius 1 is 0.409 bits per heavy atom. The van der Waals surface area contributed by atoms with Crippen molar-refractivity contribution in [2.24, 2.45) is 0 Å². The number of rotatable bonds is 9. The van der Waals surface area contributed by atoms with Gasteiger partial charge in [-0.3, -0.25) is 0 Å². The fraction of sp³-hybridized carbons (Fsp3) is 0.0333. The van der Waals surface area contributed by atoms with Crippen molar-refractivity contribution >= 4 is 61.6 Å². The molecule has 0 amide bonds. The van der Waals surface area contributed by atoms with Crippen LogP contribution in [0.15, 0.2) is 248 Å². The number of hydrogen-bond acceptors (Lipinski definition) is 3. The molecule has 0 saturated carbocycles. The van der Waals surface area contributed by atoms with Crippen LogP contribution in [0.5, 0.6) is 0 Å². The molecular formula is C60H42F2N4. The molecule has 0 saturated heterocycles. The second-order valence-electron chi connectivity index (χ2n) is 16.8. The average molecular weight is 857 g/mol. The highest BCUT2D eigenvalue weighted by Gasteiger charge is 2.37. The second kappa shape index (κ2) is 16.3. The monoisotopic (exact) mass is 856 g/mol. The van der Waals surface area contributed by atoms with E-state index in [-0.39, 0.29) is 17.6 Å². The van der Waals surface area contributed by atoms with Crippen LogP contribution < -0.4 is 14.7 Å². The van der Waals surface area contributed by atoms with Gasteiger partial charge in [-0.15, -0.1) is 0 Å². The lowest BCUT2D eigenvalue weighted by atomic mass is 9.89. The molecule has 1 atom stereocenters. The van der Waals surface area contributed by atoms with Gasteiger partial charge in [-0.2, -0.15) is 0 Å². The van der Waals surface area contributed by atoms with Gasteiger partial charge >= 0.3 is 0 Å². The van der Waals surface area contributed by atoms with Gasteiger partial charge in [0.2, 0.25) is 0 Å². The number of para-hydroxylation sites is 4. The lowest BCUT2D eigenvalue weighted by molar-refractivity contribution is 0.627. The zero-order valence-electron chi connectivity index (χ0n) is 35.8. The van der Waals surface area contributed by atoms with E-state index >= 15 is 0 Å².